The van der Waals surface area contributed by atoms with E-state index in [-0.39, 0.29) is 0 Å². The van der Waals surface area contributed by atoms with E-state index in [1.165, 1.54) is 17.3 Å². The fraction of sp³-hybridized carbons (Fsp3) is 0.0667. The van der Waals surface area contributed by atoms with Crippen molar-refractivity contribution in [1.82, 2.24) is 9.97 Å². The number of aldehydes is 1. The van der Waals surface area contributed by atoms with Gasteiger partial charge in [0.2, 0.25) is 0 Å². The largest absolute Gasteiger partial charge is 0.333 e. The number of halogens is 1. The number of hydrogen-bond acceptors (Lipinski definition) is 3. The highest BCUT2D eigenvalue weighted by molar-refractivity contribution is 7.99. The highest BCUT2D eigenvalue weighted by atomic mass is 35.5. The third kappa shape index (κ3) is 2.57. The zero-order chi connectivity index (χ0) is 14.1. The van der Waals surface area contributed by atoms with Gasteiger partial charge in [-0.2, -0.15) is 0 Å². The first-order valence-corrected chi connectivity index (χ1v) is 7.24. The highest BCUT2D eigenvalue weighted by Gasteiger charge is 2.08. The molecule has 1 heterocycles. The molecule has 20 heavy (non-hydrogen) atoms. The van der Waals surface area contributed by atoms with Crippen LogP contribution in [0.1, 0.15) is 15.9 Å². The summed E-state index contributed by atoms with van der Waals surface area (Å²) in [4.78, 5) is 19.7. The molecule has 0 saturated heterocycles. The van der Waals surface area contributed by atoms with Crippen LogP contribution in [0, 0.1) is 6.92 Å². The van der Waals surface area contributed by atoms with E-state index in [1.807, 2.05) is 25.1 Å². The average Bonchev–Trinajstić information content (AvgIpc) is 2.82. The van der Waals surface area contributed by atoms with Crippen LogP contribution in [-0.2, 0) is 0 Å². The third-order valence-corrected chi connectivity index (χ3v) is 4.13. The molecule has 0 spiro atoms. The molecular weight excluding hydrogens is 292 g/mol. The number of fused-ring (bicyclic) bond motifs is 1. The Morgan fingerprint density at radius 3 is 2.90 bits per heavy atom. The lowest BCUT2D eigenvalue weighted by Crippen LogP contribution is -1.85. The van der Waals surface area contributed by atoms with Crippen molar-refractivity contribution in [2.24, 2.45) is 0 Å². The molecule has 1 aromatic heterocycles. The fourth-order valence-corrected chi connectivity index (χ4v) is 3.01. The number of imidazole rings is 1. The quantitative estimate of drug-likeness (QED) is 0.725. The predicted molar refractivity (Wildman–Crippen MR) is 81.8 cm³/mol. The van der Waals surface area contributed by atoms with Gasteiger partial charge < -0.3 is 4.98 Å². The summed E-state index contributed by atoms with van der Waals surface area (Å²) in [7, 11) is 0. The molecule has 3 aromatic rings. The van der Waals surface area contributed by atoms with Gasteiger partial charge in [-0.05, 0) is 42.8 Å². The molecule has 0 aliphatic carbocycles. The van der Waals surface area contributed by atoms with Crippen molar-refractivity contribution >= 4 is 40.7 Å². The molecule has 0 aliphatic heterocycles. The van der Waals surface area contributed by atoms with E-state index in [4.69, 9.17) is 11.6 Å². The number of carbonyl (C=O) groups is 1. The normalized spacial score (nSPS) is 10.9. The first-order valence-electron chi connectivity index (χ1n) is 6.04. The first-order chi connectivity index (χ1) is 9.65. The van der Waals surface area contributed by atoms with Gasteiger partial charge in [-0.15, -0.1) is 0 Å². The Balaban J connectivity index is 1.98. The molecular formula is C15H11ClN2OS. The molecule has 0 amide bonds. The van der Waals surface area contributed by atoms with Gasteiger partial charge in [0.15, 0.2) is 11.4 Å². The minimum atomic E-state index is 0.552. The molecule has 100 valence electrons. The number of hydrogen-bond donors (Lipinski definition) is 1. The van der Waals surface area contributed by atoms with E-state index >= 15 is 0 Å². The van der Waals surface area contributed by atoms with Crippen LogP contribution in [0.2, 0.25) is 5.02 Å². The molecule has 0 saturated carbocycles. The SMILES string of the molecule is Cc1ccc2nc(Sc3ccc(Cl)cc3C=O)[nH]c2c1. The lowest BCUT2D eigenvalue weighted by atomic mass is 10.2. The Kier molecular flexibility index (Phi) is 3.51. The van der Waals surface area contributed by atoms with Crippen LogP contribution in [0.4, 0.5) is 0 Å². The van der Waals surface area contributed by atoms with Crippen molar-refractivity contribution in [2.75, 3.05) is 0 Å². The van der Waals surface area contributed by atoms with Crippen LogP contribution < -0.4 is 0 Å². The molecule has 0 radical (unpaired) electrons. The van der Waals surface area contributed by atoms with Crippen LogP contribution in [0.25, 0.3) is 11.0 Å². The second-order valence-corrected chi connectivity index (χ2v) is 5.93. The van der Waals surface area contributed by atoms with E-state index in [9.17, 15) is 4.79 Å². The topological polar surface area (TPSA) is 45.8 Å². The number of aryl methyl sites for hydroxylation is 1. The summed E-state index contributed by atoms with van der Waals surface area (Å²) in [6.07, 6.45) is 0.807. The molecule has 0 aliphatic rings. The number of benzene rings is 2. The summed E-state index contributed by atoms with van der Waals surface area (Å²) in [5.74, 6) is 0. The monoisotopic (exact) mass is 302 g/mol. The van der Waals surface area contributed by atoms with Gasteiger partial charge in [0.05, 0.1) is 11.0 Å². The van der Waals surface area contributed by atoms with Crippen LogP contribution in [-0.4, -0.2) is 16.3 Å². The second-order valence-electron chi connectivity index (χ2n) is 4.46. The van der Waals surface area contributed by atoms with E-state index in [0.717, 1.165) is 27.4 Å². The van der Waals surface area contributed by atoms with Gasteiger partial charge in [-0.1, -0.05) is 29.4 Å². The third-order valence-electron chi connectivity index (χ3n) is 2.92. The number of nitrogens with zero attached hydrogens (tertiary/aromatic N) is 1. The van der Waals surface area contributed by atoms with E-state index in [0.29, 0.717) is 10.6 Å². The Morgan fingerprint density at radius 1 is 1.25 bits per heavy atom. The summed E-state index contributed by atoms with van der Waals surface area (Å²) < 4.78 is 0. The molecule has 3 nitrogen and oxygen atoms in total. The molecule has 0 unspecified atom stereocenters. The molecule has 0 atom stereocenters. The van der Waals surface area contributed by atoms with Gasteiger partial charge in [-0.3, -0.25) is 4.79 Å². The Labute approximate surface area is 125 Å². The van der Waals surface area contributed by atoms with E-state index < -0.39 is 0 Å². The summed E-state index contributed by atoms with van der Waals surface area (Å²) in [5, 5.41) is 1.31. The number of carbonyl (C=O) groups excluding carboxylic acids is 1. The van der Waals surface area contributed by atoms with Crippen molar-refractivity contribution in [2.45, 2.75) is 17.0 Å². The lowest BCUT2D eigenvalue weighted by Gasteiger charge is -2.02. The summed E-state index contributed by atoms with van der Waals surface area (Å²) >= 11 is 7.31. The summed E-state index contributed by atoms with van der Waals surface area (Å²) in [6, 6.07) is 11.3. The van der Waals surface area contributed by atoms with E-state index in [2.05, 4.69) is 16.0 Å². The van der Waals surface area contributed by atoms with Crippen LogP contribution in [0.15, 0.2) is 46.5 Å². The number of H-pyrrole nitrogens is 1. The van der Waals surface area contributed by atoms with Gasteiger partial charge in [0.1, 0.15) is 0 Å². The highest BCUT2D eigenvalue weighted by Crippen LogP contribution is 2.31. The smallest absolute Gasteiger partial charge is 0.171 e. The Hall–Kier alpha value is -1.78. The number of rotatable bonds is 3. The summed E-state index contributed by atoms with van der Waals surface area (Å²) in [6.45, 7) is 2.04. The van der Waals surface area contributed by atoms with Crippen molar-refractivity contribution in [3.63, 3.8) is 0 Å². The maximum absolute atomic E-state index is 11.1. The van der Waals surface area contributed by atoms with Crippen molar-refractivity contribution in [1.29, 1.82) is 0 Å². The molecule has 0 fully saturated rings. The zero-order valence-corrected chi connectivity index (χ0v) is 12.3. The lowest BCUT2D eigenvalue weighted by molar-refractivity contribution is 0.112. The standard InChI is InChI=1S/C15H11ClN2OS/c1-9-2-4-12-13(6-9)18-15(17-12)20-14-5-3-11(16)7-10(14)8-19/h2-8H,1H3,(H,17,18). The minimum Gasteiger partial charge on any atom is -0.333 e. The maximum atomic E-state index is 11.1. The minimum absolute atomic E-state index is 0.552. The predicted octanol–water partition coefficient (Wildman–Crippen LogP) is 4.49. The average molecular weight is 303 g/mol. The first kappa shape index (κ1) is 13.2. The number of aromatic nitrogens is 2. The van der Waals surface area contributed by atoms with Crippen LogP contribution in [0.5, 0.6) is 0 Å². The van der Waals surface area contributed by atoms with Crippen molar-refractivity contribution in [3.8, 4) is 0 Å². The van der Waals surface area contributed by atoms with Crippen molar-refractivity contribution < 1.29 is 4.79 Å². The maximum Gasteiger partial charge on any atom is 0.171 e. The van der Waals surface area contributed by atoms with Crippen molar-refractivity contribution in [3.05, 3.63) is 52.5 Å². The van der Waals surface area contributed by atoms with Crippen LogP contribution >= 0.6 is 23.4 Å². The Morgan fingerprint density at radius 2 is 2.10 bits per heavy atom. The number of nitrogens with one attached hydrogen (secondary N) is 1. The molecule has 5 heteroatoms. The molecule has 1 N–H and O–H groups in total. The van der Waals surface area contributed by atoms with Crippen LogP contribution in [0.3, 0.4) is 0 Å². The van der Waals surface area contributed by atoms with Gasteiger partial charge in [0, 0.05) is 15.5 Å². The van der Waals surface area contributed by atoms with Gasteiger partial charge >= 0.3 is 0 Å². The molecule has 3 rings (SSSR count). The zero-order valence-electron chi connectivity index (χ0n) is 10.7. The van der Waals surface area contributed by atoms with Gasteiger partial charge in [0.25, 0.3) is 0 Å². The fourth-order valence-electron chi connectivity index (χ4n) is 1.96. The Bertz CT molecular complexity index is 798. The molecule has 0 bridgehead atoms. The second kappa shape index (κ2) is 5.31. The van der Waals surface area contributed by atoms with Gasteiger partial charge in [-0.25, -0.2) is 4.98 Å². The summed E-state index contributed by atoms with van der Waals surface area (Å²) in [5.41, 5.74) is 3.66. The number of aromatic amines is 1. The van der Waals surface area contributed by atoms with E-state index in [1.54, 1.807) is 12.1 Å². The molecule has 2 aromatic carbocycles.